The third-order valence-electron chi connectivity index (χ3n) is 5.64. The van der Waals surface area contributed by atoms with Gasteiger partial charge < -0.3 is 15.0 Å². The molecule has 2 amide bonds. The van der Waals surface area contributed by atoms with Crippen molar-refractivity contribution >= 4 is 23.2 Å². The van der Waals surface area contributed by atoms with Gasteiger partial charge in [0.1, 0.15) is 12.1 Å². The Morgan fingerprint density at radius 1 is 1.21 bits per heavy atom. The molecule has 29 heavy (non-hydrogen) atoms. The predicted molar refractivity (Wildman–Crippen MR) is 112 cm³/mol. The van der Waals surface area contributed by atoms with Crippen LogP contribution in [0.5, 0.6) is 5.88 Å². The van der Waals surface area contributed by atoms with E-state index in [4.69, 9.17) is 4.74 Å². The quantitative estimate of drug-likeness (QED) is 0.756. The molecule has 1 atom stereocenters. The lowest BCUT2D eigenvalue weighted by Crippen LogP contribution is -2.46. The van der Waals surface area contributed by atoms with E-state index in [1.165, 1.54) is 12.8 Å². The number of hydrogen-bond donors (Lipinski definition) is 1. The largest absolute Gasteiger partial charge is 0.474 e. The summed E-state index contributed by atoms with van der Waals surface area (Å²) in [6, 6.07) is 7.31. The standard InChI is InChI=1S/C22H27N3O3S/c26-21(14-18-7-4-12-29-18)25-11-3-8-19(25)22(27)24-15-16-9-10-23-20(13-16)28-17-5-1-2-6-17/h4,7,9-10,12-13,17,19H,1-3,5-6,8,11,14-15H2,(H,24,27). The highest BCUT2D eigenvalue weighted by Gasteiger charge is 2.33. The van der Waals surface area contributed by atoms with Crippen molar-refractivity contribution in [1.29, 1.82) is 0 Å². The summed E-state index contributed by atoms with van der Waals surface area (Å²) >= 11 is 1.57. The number of thiophene rings is 1. The molecule has 3 heterocycles. The molecule has 6 nitrogen and oxygen atoms in total. The lowest BCUT2D eigenvalue weighted by atomic mass is 10.2. The molecule has 1 saturated heterocycles. The van der Waals surface area contributed by atoms with Crippen LogP contribution in [-0.4, -0.2) is 40.4 Å². The molecule has 2 fully saturated rings. The summed E-state index contributed by atoms with van der Waals surface area (Å²) in [6.45, 7) is 1.06. The second-order valence-corrected chi connectivity index (χ2v) is 8.78. The monoisotopic (exact) mass is 413 g/mol. The number of pyridine rings is 1. The average molecular weight is 414 g/mol. The van der Waals surface area contributed by atoms with Crippen LogP contribution in [0.4, 0.5) is 0 Å². The van der Waals surface area contributed by atoms with Crippen molar-refractivity contribution in [3.63, 3.8) is 0 Å². The van der Waals surface area contributed by atoms with Gasteiger partial charge in [0, 0.05) is 30.2 Å². The highest BCUT2D eigenvalue weighted by Crippen LogP contribution is 2.23. The summed E-state index contributed by atoms with van der Waals surface area (Å²) in [5.41, 5.74) is 0.954. The Morgan fingerprint density at radius 3 is 2.86 bits per heavy atom. The number of nitrogens with one attached hydrogen (secondary N) is 1. The van der Waals surface area contributed by atoms with Gasteiger partial charge in [0.2, 0.25) is 17.7 Å². The van der Waals surface area contributed by atoms with Crippen LogP contribution in [0.25, 0.3) is 0 Å². The maximum atomic E-state index is 12.8. The van der Waals surface area contributed by atoms with E-state index in [2.05, 4.69) is 10.3 Å². The van der Waals surface area contributed by atoms with Gasteiger partial charge in [-0.15, -0.1) is 11.3 Å². The molecule has 154 valence electrons. The van der Waals surface area contributed by atoms with E-state index in [0.717, 1.165) is 29.7 Å². The number of rotatable bonds is 7. The summed E-state index contributed by atoms with van der Waals surface area (Å²) in [6.07, 6.45) is 8.52. The van der Waals surface area contributed by atoms with Crippen molar-refractivity contribution in [3.8, 4) is 5.88 Å². The maximum absolute atomic E-state index is 12.8. The Hall–Kier alpha value is -2.41. The van der Waals surface area contributed by atoms with Crippen molar-refractivity contribution in [2.75, 3.05) is 6.54 Å². The first-order valence-electron chi connectivity index (χ1n) is 10.4. The minimum atomic E-state index is -0.376. The molecular formula is C22H27N3O3S. The van der Waals surface area contributed by atoms with Gasteiger partial charge in [0.05, 0.1) is 6.42 Å². The lowest BCUT2D eigenvalue weighted by Gasteiger charge is -2.24. The first kappa shape index (κ1) is 19.9. The van der Waals surface area contributed by atoms with Crippen LogP contribution in [0.15, 0.2) is 35.8 Å². The number of ether oxygens (including phenoxy) is 1. The number of nitrogens with zero attached hydrogens (tertiary/aromatic N) is 2. The molecule has 1 unspecified atom stereocenters. The molecule has 1 N–H and O–H groups in total. The number of aromatic nitrogens is 1. The third kappa shape index (κ3) is 5.15. The Kier molecular flexibility index (Phi) is 6.44. The smallest absolute Gasteiger partial charge is 0.243 e. The van der Waals surface area contributed by atoms with Crippen molar-refractivity contribution in [2.24, 2.45) is 0 Å². The first-order chi connectivity index (χ1) is 14.2. The highest BCUT2D eigenvalue weighted by molar-refractivity contribution is 7.10. The van der Waals surface area contributed by atoms with Crippen LogP contribution in [0.3, 0.4) is 0 Å². The molecule has 2 aromatic rings. The fourth-order valence-electron chi connectivity index (χ4n) is 4.11. The van der Waals surface area contributed by atoms with E-state index >= 15 is 0 Å². The van der Waals surface area contributed by atoms with E-state index in [1.807, 2.05) is 29.6 Å². The molecule has 0 aromatic carbocycles. The fourth-order valence-corrected chi connectivity index (χ4v) is 4.81. The molecule has 2 aliphatic rings. The number of hydrogen-bond acceptors (Lipinski definition) is 5. The van der Waals surface area contributed by atoms with Gasteiger partial charge in [-0.2, -0.15) is 0 Å². The zero-order valence-electron chi connectivity index (χ0n) is 16.5. The SMILES string of the molecule is O=C(NCc1ccnc(OC2CCCC2)c1)C1CCCN1C(=O)Cc1cccs1. The molecule has 4 rings (SSSR count). The Bertz CT molecular complexity index is 834. The van der Waals surface area contributed by atoms with Crippen molar-refractivity contribution < 1.29 is 14.3 Å². The molecule has 1 aliphatic heterocycles. The third-order valence-corrected chi connectivity index (χ3v) is 6.51. The van der Waals surface area contributed by atoms with E-state index in [0.29, 0.717) is 31.8 Å². The Balaban J connectivity index is 1.31. The lowest BCUT2D eigenvalue weighted by molar-refractivity contribution is -0.138. The molecule has 1 saturated carbocycles. The minimum Gasteiger partial charge on any atom is -0.474 e. The van der Waals surface area contributed by atoms with E-state index < -0.39 is 0 Å². The second kappa shape index (κ2) is 9.39. The molecule has 2 aromatic heterocycles. The molecule has 1 aliphatic carbocycles. The molecule has 7 heteroatoms. The topological polar surface area (TPSA) is 71.5 Å². The van der Waals surface area contributed by atoms with Gasteiger partial charge in [-0.1, -0.05) is 6.07 Å². The van der Waals surface area contributed by atoms with Crippen molar-refractivity contribution in [2.45, 2.75) is 63.6 Å². The normalized spacial score (nSPS) is 19.4. The minimum absolute atomic E-state index is 0.0289. The van der Waals surface area contributed by atoms with Crippen LogP contribution in [-0.2, 0) is 22.6 Å². The zero-order valence-corrected chi connectivity index (χ0v) is 17.3. The van der Waals surface area contributed by atoms with Crippen LogP contribution < -0.4 is 10.1 Å². The van der Waals surface area contributed by atoms with Gasteiger partial charge in [-0.3, -0.25) is 9.59 Å². The summed E-state index contributed by atoms with van der Waals surface area (Å²) < 4.78 is 5.95. The zero-order chi connectivity index (χ0) is 20.1. The number of amides is 2. The number of carbonyl (C=O) groups excluding carboxylic acids is 2. The van der Waals surface area contributed by atoms with Crippen LogP contribution in [0.1, 0.15) is 49.0 Å². The number of likely N-dealkylation sites (tertiary alicyclic amines) is 1. The van der Waals surface area contributed by atoms with Crippen LogP contribution in [0, 0.1) is 0 Å². The summed E-state index contributed by atoms with van der Waals surface area (Å²) in [4.78, 5) is 32.4. The van der Waals surface area contributed by atoms with Gasteiger partial charge in [0.15, 0.2) is 0 Å². The molecule has 0 bridgehead atoms. The highest BCUT2D eigenvalue weighted by atomic mass is 32.1. The molecular weight excluding hydrogens is 386 g/mol. The summed E-state index contributed by atoms with van der Waals surface area (Å²) in [5, 5.41) is 4.96. The Morgan fingerprint density at radius 2 is 2.07 bits per heavy atom. The first-order valence-corrected chi connectivity index (χ1v) is 11.3. The van der Waals surface area contributed by atoms with E-state index in [-0.39, 0.29) is 24.0 Å². The molecule has 0 radical (unpaired) electrons. The van der Waals surface area contributed by atoms with Gasteiger partial charge in [-0.25, -0.2) is 4.98 Å². The van der Waals surface area contributed by atoms with Gasteiger partial charge in [0.25, 0.3) is 0 Å². The number of carbonyl (C=O) groups is 2. The van der Waals surface area contributed by atoms with Crippen molar-refractivity contribution in [3.05, 3.63) is 46.3 Å². The van der Waals surface area contributed by atoms with E-state index in [9.17, 15) is 9.59 Å². The fraction of sp³-hybridized carbons (Fsp3) is 0.500. The second-order valence-electron chi connectivity index (χ2n) is 7.75. The molecule has 0 spiro atoms. The van der Waals surface area contributed by atoms with Crippen molar-refractivity contribution in [1.82, 2.24) is 15.2 Å². The van der Waals surface area contributed by atoms with E-state index in [1.54, 1.807) is 22.4 Å². The van der Waals surface area contributed by atoms with Gasteiger partial charge in [-0.05, 0) is 61.6 Å². The summed E-state index contributed by atoms with van der Waals surface area (Å²) in [7, 11) is 0. The Labute approximate surface area is 175 Å². The van der Waals surface area contributed by atoms with Crippen LogP contribution >= 0.6 is 11.3 Å². The average Bonchev–Trinajstić information content (AvgIpc) is 3.48. The predicted octanol–water partition coefficient (Wildman–Crippen LogP) is 3.31. The van der Waals surface area contributed by atoms with Crippen LogP contribution in [0.2, 0.25) is 0 Å². The summed E-state index contributed by atoms with van der Waals surface area (Å²) in [5.74, 6) is 0.565. The maximum Gasteiger partial charge on any atom is 0.243 e. The van der Waals surface area contributed by atoms with Gasteiger partial charge >= 0.3 is 0 Å².